The molecule has 130 valence electrons. The van der Waals surface area contributed by atoms with Gasteiger partial charge in [-0.15, -0.1) is 0 Å². The molecule has 2 aromatic carbocycles. The number of methoxy groups -OCH3 is 3. The quantitative estimate of drug-likeness (QED) is 0.741. The predicted octanol–water partition coefficient (Wildman–Crippen LogP) is 3.64. The van der Waals surface area contributed by atoms with Crippen LogP contribution >= 0.6 is 0 Å². The molecule has 3 rings (SSSR count). The highest BCUT2D eigenvalue weighted by Gasteiger charge is 2.14. The van der Waals surface area contributed by atoms with Crippen LogP contribution < -0.4 is 19.5 Å². The van der Waals surface area contributed by atoms with Crippen molar-refractivity contribution >= 4 is 22.6 Å². The van der Waals surface area contributed by atoms with Gasteiger partial charge in [-0.05, 0) is 30.3 Å². The number of benzene rings is 2. The highest BCUT2D eigenvalue weighted by Crippen LogP contribution is 2.30. The number of carbonyl (C=O) groups is 1. The van der Waals surface area contributed by atoms with Gasteiger partial charge in [0.1, 0.15) is 22.8 Å². The van der Waals surface area contributed by atoms with Crippen LogP contribution in [0.1, 0.15) is 5.56 Å². The zero-order valence-electron chi connectivity index (χ0n) is 14.3. The van der Waals surface area contributed by atoms with Crippen molar-refractivity contribution in [2.24, 2.45) is 0 Å². The average Bonchev–Trinajstić information content (AvgIpc) is 3.03. The Bertz CT molecular complexity index is 900. The second kappa shape index (κ2) is 7.17. The molecule has 0 aliphatic heterocycles. The molecular formula is C19H19NO5. The lowest BCUT2D eigenvalue weighted by atomic mass is 10.1. The van der Waals surface area contributed by atoms with E-state index < -0.39 is 0 Å². The van der Waals surface area contributed by atoms with Gasteiger partial charge in [0, 0.05) is 17.0 Å². The summed E-state index contributed by atoms with van der Waals surface area (Å²) in [6, 6.07) is 10.7. The monoisotopic (exact) mass is 341 g/mol. The van der Waals surface area contributed by atoms with Crippen LogP contribution in [0, 0.1) is 0 Å². The fourth-order valence-corrected chi connectivity index (χ4v) is 2.60. The number of nitrogens with one attached hydrogen (secondary N) is 1. The van der Waals surface area contributed by atoms with Gasteiger partial charge in [-0.3, -0.25) is 4.79 Å². The Balaban J connectivity index is 1.81. The summed E-state index contributed by atoms with van der Waals surface area (Å²) in [7, 11) is 4.72. The van der Waals surface area contributed by atoms with Crippen molar-refractivity contribution in [1.29, 1.82) is 0 Å². The lowest BCUT2D eigenvalue weighted by Gasteiger charge is -2.11. The van der Waals surface area contributed by atoms with Crippen LogP contribution in [0.15, 0.2) is 47.1 Å². The summed E-state index contributed by atoms with van der Waals surface area (Å²) in [4.78, 5) is 12.5. The molecule has 1 heterocycles. The SMILES string of the molecule is COc1ccc(OC)c(NC(=O)Cc2coc3ccc(OC)cc23)c1. The van der Waals surface area contributed by atoms with Crippen LogP contribution in [-0.2, 0) is 11.2 Å². The summed E-state index contributed by atoms with van der Waals surface area (Å²) < 4.78 is 21.2. The van der Waals surface area contributed by atoms with Crippen LogP contribution in [-0.4, -0.2) is 27.2 Å². The smallest absolute Gasteiger partial charge is 0.229 e. The van der Waals surface area contributed by atoms with Crippen molar-refractivity contribution in [2.75, 3.05) is 26.6 Å². The van der Waals surface area contributed by atoms with E-state index in [9.17, 15) is 4.79 Å². The Labute approximate surface area is 145 Å². The van der Waals surface area contributed by atoms with Gasteiger partial charge in [0.05, 0.1) is 39.7 Å². The van der Waals surface area contributed by atoms with Gasteiger partial charge >= 0.3 is 0 Å². The van der Waals surface area contributed by atoms with Crippen molar-refractivity contribution in [3.63, 3.8) is 0 Å². The number of furan rings is 1. The molecular weight excluding hydrogens is 322 g/mol. The molecule has 0 aliphatic carbocycles. The number of ether oxygens (including phenoxy) is 3. The predicted molar refractivity (Wildman–Crippen MR) is 94.6 cm³/mol. The van der Waals surface area contributed by atoms with Crippen LogP contribution in [0.4, 0.5) is 5.69 Å². The van der Waals surface area contributed by atoms with Gasteiger partial charge in [-0.25, -0.2) is 0 Å². The lowest BCUT2D eigenvalue weighted by molar-refractivity contribution is -0.115. The Hall–Kier alpha value is -3.15. The van der Waals surface area contributed by atoms with E-state index in [1.165, 1.54) is 0 Å². The lowest BCUT2D eigenvalue weighted by Crippen LogP contribution is -2.15. The van der Waals surface area contributed by atoms with Crippen LogP contribution in [0.2, 0.25) is 0 Å². The van der Waals surface area contributed by atoms with Gasteiger partial charge in [0.25, 0.3) is 0 Å². The van der Waals surface area contributed by atoms with Crippen molar-refractivity contribution in [2.45, 2.75) is 6.42 Å². The Kier molecular flexibility index (Phi) is 4.79. The van der Waals surface area contributed by atoms with Crippen LogP contribution in [0.5, 0.6) is 17.2 Å². The molecule has 0 fully saturated rings. The summed E-state index contributed by atoms with van der Waals surface area (Å²) in [6.07, 6.45) is 1.76. The van der Waals surface area contributed by atoms with Gasteiger partial charge < -0.3 is 23.9 Å². The molecule has 0 bridgehead atoms. The van der Waals surface area contributed by atoms with Crippen molar-refractivity contribution in [3.05, 3.63) is 48.2 Å². The number of rotatable bonds is 6. The maximum atomic E-state index is 12.5. The van der Waals surface area contributed by atoms with E-state index in [0.717, 1.165) is 10.9 Å². The minimum atomic E-state index is -0.183. The molecule has 0 radical (unpaired) electrons. The van der Waals surface area contributed by atoms with Gasteiger partial charge in [-0.2, -0.15) is 0 Å². The molecule has 3 aromatic rings. The van der Waals surface area contributed by atoms with Gasteiger partial charge in [0.2, 0.25) is 5.91 Å². The zero-order valence-corrected chi connectivity index (χ0v) is 14.3. The Morgan fingerprint density at radius 1 is 1.00 bits per heavy atom. The van der Waals surface area contributed by atoms with E-state index in [1.54, 1.807) is 45.8 Å². The average molecular weight is 341 g/mol. The number of carbonyl (C=O) groups excluding carboxylic acids is 1. The molecule has 0 saturated heterocycles. The van der Waals surface area contributed by atoms with E-state index in [1.807, 2.05) is 18.2 Å². The number of hydrogen-bond acceptors (Lipinski definition) is 5. The standard InChI is InChI=1S/C19H19NO5/c1-22-13-4-6-17-15(9-13)12(11-25-17)8-19(21)20-16-10-14(23-2)5-7-18(16)24-3/h4-7,9-11H,8H2,1-3H3,(H,20,21). The number of hydrogen-bond donors (Lipinski definition) is 1. The Morgan fingerprint density at radius 3 is 2.44 bits per heavy atom. The number of anilines is 1. The highest BCUT2D eigenvalue weighted by molar-refractivity contribution is 5.96. The van der Waals surface area contributed by atoms with Crippen molar-refractivity contribution in [3.8, 4) is 17.2 Å². The first-order valence-corrected chi connectivity index (χ1v) is 7.70. The summed E-state index contributed by atoms with van der Waals surface area (Å²) in [5.74, 6) is 1.73. The minimum Gasteiger partial charge on any atom is -0.497 e. The van der Waals surface area contributed by atoms with Crippen molar-refractivity contribution in [1.82, 2.24) is 0 Å². The summed E-state index contributed by atoms with van der Waals surface area (Å²) >= 11 is 0. The molecule has 0 atom stereocenters. The van der Waals surface area contributed by atoms with E-state index in [4.69, 9.17) is 18.6 Å². The summed E-state index contributed by atoms with van der Waals surface area (Å²) in [5.41, 5.74) is 2.05. The molecule has 6 heteroatoms. The normalized spacial score (nSPS) is 10.5. The Morgan fingerprint density at radius 2 is 1.72 bits per heavy atom. The minimum absolute atomic E-state index is 0.167. The molecule has 0 saturated carbocycles. The number of amides is 1. The maximum absolute atomic E-state index is 12.5. The fourth-order valence-electron chi connectivity index (χ4n) is 2.60. The first kappa shape index (κ1) is 16.7. The largest absolute Gasteiger partial charge is 0.497 e. The fraction of sp³-hybridized carbons (Fsp3) is 0.211. The molecule has 0 unspecified atom stereocenters. The molecule has 1 amide bonds. The van der Waals surface area contributed by atoms with E-state index in [-0.39, 0.29) is 12.3 Å². The molecule has 1 N–H and O–H groups in total. The highest BCUT2D eigenvalue weighted by atomic mass is 16.5. The maximum Gasteiger partial charge on any atom is 0.229 e. The van der Waals surface area contributed by atoms with Gasteiger partial charge in [0.15, 0.2) is 0 Å². The third-order valence-corrected chi connectivity index (χ3v) is 3.89. The van der Waals surface area contributed by atoms with E-state index >= 15 is 0 Å². The second-order valence-electron chi connectivity index (χ2n) is 5.41. The topological polar surface area (TPSA) is 69.9 Å². The van der Waals surface area contributed by atoms with Gasteiger partial charge in [-0.1, -0.05) is 0 Å². The van der Waals surface area contributed by atoms with E-state index in [2.05, 4.69) is 5.32 Å². The molecule has 6 nitrogen and oxygen atoms in total. The molecule has 25 heavy (non-hydrogen) atoms. The summed E-state index contributed by atoms with van der Waals surface area (Å²) in [6.45, 7) is 0. The van der Waals surface area contributed by atoms with Crippen molar-refractivity contribution < 1.29 is 23.4 Å². The first-order chi connectivity index (χ1) is 12.1. The second-order valence-corrected chi connectivity index (χ2v) is 5.41. The third-order valence-electron chi connectivity index (χ3n) is 3.89. The third kappa shape index (κ3) is 3.52. The molecule has 1 aromatic heterocycles. The van der Waals surface area contributed by atoms with Crippen LogP contribution in [0.3, 0.4) is 0 Å². The first-order valence-electron chi connectivity index (χ1n) is 7.70. The number of fused-ring (bicyclic) bond motifs is 1. The zero-order chi connectivity index (χ0) is 17.8. The summed E-state index contributed by atoms with van der Waals surface area (Å²) in [5, 5.41) is 3.70. The van der Waals surface area contributed by atoms with Crippen LogP contribution in [0.25, 0.3) is 11.0 Å². The van der Waals surface area contributed by atoms with E-state index in [0.29, 0.717) is 28.5 Å². The molecule has 0 aliphatic rings. The molecule has 0 spiro atoms.